The molecule has 5 nitrogen and oxygen atoms in total. The minimum absolute atomic E-state index is 0.243. The molecule has 0 saturated carbocycles. The van der Waals surface area contributed by atoms with Crippen LogP contribution in [0.3, 0.4) is 0 Å². The Morgan fingerprint density at radius 1 is 1.08 bits per heavy atom. The molecule has 1 aliphatic carbocycles. The minimum Gasteiger partial charge on any atom is -0.357 e. The van der Waals surface area contributed by atoms with Crippen LogP contribution in [0.15, 0.2) is 47.5 Å². The number of nitrogens with zero attached hydrogens (tertiary/aromatic N) is 2. The van der Waals surface area contributed by atoms with Gasteiger partial charge in [0.05, 0.1) is 4.91 Å². The maximum atomic E-state index is 12.6. The number of fused-ring (bicyclic) bond motifs is 1. The van der Waals surface area contributed by atoms with Gasteiger partial charge in [-0.25, -0.2) is 18.1 Å². The average molecular weight is 372 g/mol. The van der Waals surface area contributed by atoms with Crippen LogP contribution < -0.4 is 9.62 Å². The predicted molar refractivity (Wildman–Crippen MR) is 106 cm³/mol. The molecule has 3 rings (SSSR count). The molecule has 1 N–H and O–H groups in total. The van der Waals surface area contributed by atoms with E-state index in [9.17, 15) is 8.42 Å². The van der Waals surface area contributed by atoms with Crippen molar-refractivity contribution < 1.29 is 8.42 Å². The van der Waals surface area contributed by atoms with E-state index >= 15 is 0 Å². The molecule has 1 aromatic heterocycles. The van der Waals surface area contributed by atoms with Crippen molar-refractivity contribution in [2.24, 2.45) is 0 Å². The number of anilines is 1. The Morgan fingerprint density at radius 3 is 2.54 bits per heavy atom. The summed E-state index contributed by atoms with van der Waals surface area (Å²) in [5, 5.41) is 0. The summed E-state index contributed by atoms with van der Waals surface area (Å²) >= 11 is 0. The summed E-state index contributed by atoms with van der Waals surface area (Å²) in [5.41, 5.74) is 3.04. The Bertz CT molecular complexity index is 886. The van der Waals surface area contributed by atoms with Gasteiger partial charge in [-0.3, -0.25) is 0 Å². The van der Waals surface area contributed by atoms with Crippen LogP contribution in [0.2, 0.25) is 0 Å². The van der Waals surface area contributed by atoms with E-state index in [1.165, 1.54) is 5.56 Å². The van der Waals surface area contributed by atoms with E-state index in [0.29, 0.717) is 11.3 Å². The number of aryl methyl sites for hydroxylation is 1. The molecule has 1 aliphatic rings. The van der Waals surface area contributed by atoms with Crippen LogP contribution in [0.4, 0.5) is 5.82 Å². The topological polar surface area (TPSA) is 62.3 Å². The van der Waals surface area contributed by atoms with Crippen molar-refractivity contribution in [1.29, 1.82) is 0 Å². The number of hydrogen-bond acceptors (Lipinski definition) is 4. The van der Waals surface area contributed by atoms with Gasteiger partial charge in [-0.05, 0) is 55.5 Å². The van der Waals surface area contributed by atoms with Gasteiger partial charge in [0.15, 0.2) is 0 Å². The number of pyridine rings is 1. The van der Waals surface area contributed by atoms with Gasteiger partial charge in [0.2, 0.25) is 10.0 Å². The van der Waals surface area contributed by atoms with Gasteiger partial charge in [0, 0.05) is 25.8 Å². The van der Waals surface area contributed by atoms with Gasteiger partial charge >= 0.3 is 0 Å². The van der Waals surface area contributed by atoms with Gasteiger partial charge in [0.1, 0.15) is 5.82 Å². The summed E-state index contributed by atoms with van der Waals surface area (Å²) < 4.78 is 28.0. The van der Waals surface area contributed by atoms with E-state index in [0.717, 1.165) is 36.5 Å². The SMILES string of the molecule is CCN(CC)c1ccc(CNS(=O)(=O)C2=Cc3ccccc3CC2)cn1. The fraction of sp³-hybridized carbons (Fsp3) is 0.350. The fourth-order valence-electron chi connectivity index (χ4n) is 3.15. The zero-order valence-corrected chi connectivity index (χ0v) is 16.1. The lowest BCUT2D eigenvalue weighted by Gasteiger charge is -2.20. The highest BCUT2D eigenvalue weighted by Gasteiger charge is 2.21. The predicted octanol–water partition coefficient (Wildman–Crippen LogP) is 3.33. The number of rotatable bonds is 7. The molecule has 0 bridgehead atoms. The van der Waals surface area contributed by atoms with Crippen molar-refractivity contribution in [3.63, 3.8) is 0 Å². The first-order valence-corrected chi connectivity index (χ1v) is 10.5. The van der Waals surface area contributed by atoms with Crippen LogP contribution in [-0.4, -0.2) is 26.5 Å². The lowest BCUT2D eigenvalue weighted by atomic mass is 9.98. The third kappa shape index (κ3) is 4.14. The number of aromatic nitrogens is 1. The van der Waals surface area contributed by atoms with E-state index in [1.807, 2.05) is 36.4 Å². The van der Waals surface area contributed by atoms with Gasteiger partial charge in [-0.1, -0.05) is 30.3 Å². The summed E-state index contributed by atoms with van der Waals surface area (Å²) in [5.74, 6) is 0.910. The third-order valence-corrected chi connectivity index (χ3v) is 6.26. The van der Waals surface area contributed by atoms with Gasteiger partial charge < -0.3 is 4.90 Å². The number of sulfonamides is 1. The van der Waals surface area contributed by atoms with Crippen molar-refractivity contribution in [2.75, 3.05) is 18.0 Å². The summed E-state index contributed by atoms with van der Waals surface area (Å²) in [7, 11) is -3.49. The summed E-state index contributed by atoms with van der Waals surface area (Å²) in [6, 6.07) is 11.8. The monoisotopic (exact) mass is 371 g/mol. The van der Waals surface area contributed by atoms with Crippen molar-refractivity contribution in [3.8, 4) is 0 Å². The smallest absolute Gasteiger partial charge is 0.237 e. The second-order valence-corrected chi connectivity index (χ2v) is 8.15. The van der Waals surface area contributed by atoms with E-state index in [2.05, 4.69) is 28.5 Å². The molecular weight excluding hydrogens is 346 g/mol. The molecule has 0 aliphatic heterocycles. The van der Waals surface area contributed by atoms with Crippen LogP contribution in [0.1, 0.15) is 37.0 Å². The number of allylic oxidation sites excluding steroid dienone is 1. The first kappa shape index (κ1) is 18.6. The van der Waals surface area contributed by atoms with Crippen LogP contribution in [0, 0.1) is 0 Å². The number of benzene rings is 1. The van der Waals surface area contributed by atoms with Crippen molar-refractivity contribution >= 4 is 21.9 Å². The van der Waals surface area contributed by atoms with Crippen molar-refractivity contribution in [1.82, 2.24) is 9.71 Å². The molecule has 0 saturated heterocycles. The standard InChI is InChI=1S/C20H25N3O2S/c1-3-23(4-2)20-12-9-16(14-21-20)15-22-26(24,25)19-11-10-17-7-5-6-8-18(17)13-19/h5-9,12-14,22H,3-4,10-11,15H2,1-2H3. The fourth-order valence-corrected chi connectivity index (χ4v) is 4.34. The second-order valence-electron chi connectivity index (χ2n) is 6.33. The maximum absolute atomic E-state index is 12.6. The lowest BCUT2D eigenvalue weighted by Crippen LogP contribution is -2.26. The first-order chi connectivity index (χ1) is 12.5. The first-order valence-electron chi connectivity index (χ1n) is 9.01. The quantitative estimate of drug-likeness (QED) is 0.811. The Hall–Kier alpha value is -2.18. The lowest BCUT2D eigenvalue weighted by molar-refractivity contribution is 0.585. The van der Waals surface area contributed by atoms with Crippen molar-refractivity contribution in [3.05, 3.63) is 64.2 Å². The van der Waals surface area contributed by atoms with Gasteiger partial charge in [-0.2, -0.15) is 0 Å². The Morgan fingerprint density at radius 2 is 1.85 bits per heavy atom. The summed E-state index contributed by atoms with van der Waals surface area (Å²) in [4.78, 5) is 7.04. The van der Waals surface area contributed by atoms with Crippen molar-refractivity contribution in [2.45, 2.75) is 33.2 Å². The van der Waals surface area contributed by atoms with E-state index < -0.39 is 10.0 Å². The van der Waals surface area contributed by atoms with E-state index in [4.69, 9.17) is 0 Å². The number of hydrogen-bond donors (Lipinski definition) is 1. The molecule has 0 fully saturated rings. The van der Waals surface area contributed by atoms with Crippen LogP contribution in [0.25, 0.3) is 6.08 Å². The molecule has 1 heterocycles. The third-order valence-electron chi connectivity index (χ3n) is 4.72. The Labute approximate surface area is 155 Å². The minimum atomic E-state index is -3.49. The van der Waals surface area contributed by atoms with Crippen LogP contribution >= 0.6 is 0 Å². The zero-order chi connectivity index (χ0) is 18.6. The zero-order valence-electron chi connectivity index (χ0n) is 15.3. The largest absolute Gasteiger partial charge is 0.357 e. The molecule has 2 aromatic rings. The second kappa shape index (κ2) is 8.01. The maximum Gasteiger partial charge on any atom is 0.237 e. The molecule has 0 amide bonds. The van der Waals surface area contributed by atoms with Gasteiger partial charge in [0.25, 0.3) is 0 Å². The summed E-state index contributed by atoms with van der Waals surface area (Å²) in [6.07, 6.45) is 4.80. The van der Waals surface area contributed by atoms with Crippen LogP contribution in [-0.2, 0) is 23.0 Å². The number of nitrogens with one attached hydrogen (secondary N) is 1. The highest BCUT2D eigenvalue weighted by atomic mass is 32.2. The van der Waals surface area contributed by atoms with E-state index in [-0.39, 0.29) is 6.54 Å². The highest BCUT2D eigenvalue weighted by Crippen LogP contribution is 2.26. The highest BCUT2D eigenvalue weighted by molar-refractivity contribution is 7.93. The molecule has 0 spiro atoms. The molecule has 138 valence electrons. The van der Waals surface area contributed by atoms with Gasteiger partial charge in [-0.15, -0.1) is 0 Å². The molecule has 0 radical (unpaired) electrons. The average Bonchev–Trinajstić information content (AvgIpc) is 2.68. The molecule has 0 atom stereocenters. The molecule has 1 aromatic carbocycles. The van der Waals surface area contributed by atoms with E-state index in [1.54, 1.807) is 12.3 Å². The molecule has 26 heavy (non-hydrogen) atoms. The summed E-state index contributed by atoms with van der Waals surface area (Å²) in [6.45, 7) is 6.20. The Balaban J connectivity index is 1.68. The normalized spacial score (nSPS) is 13.8. The molecule has 6 heteroatoms. The molecular formula is C20H25N3O2S. The Kier molecular flexibility index (Phi) is 5.74. The molecule has 0 unspecified atom stereocenters. The van der Waals surface area contributed by atoms with Crippen LogP contribution in [0.5, 0.6) is 0 Å².